The summed E-state index contributed by atoms with van der Waals surface area (Å²) in [7, 11) is -4.24. The van der Waals surface area contributed by atoms with Crippen molar-refractivity contribution in [2.75, 3.05) is 12.4 Å². The Balaban J connectivity index is 1.34. The molecule has 5 rings (SSSR count). The Morgan fingerprint density at radius 3 is 2.27 bits per heavy atom. The van der Waals surface area contributed by atoms with Crippen molar-refractivity contribution < 1.29 is 50.6 Å². The highest BCUT2D eigenvalue weighted by Gasteiger charge is 2.49. The molecule has 3 N–H and O–H groups in total. The molecule has 1 saturated carbocycles. The number of anilines is 1. The van der Waals surface area contributed by atoms with Crippen LogP contribution in [0.4, 0.5) is 18.9 Å². The number of sulfone groups is 1. The molecule has 0 spiro atoms. The van der Waals surface area contributed by atoms with Crippen LogP contribution in [0.3, 0.4) is 0 Å². The third kappa shape index (κ3) is 5.97. The molecule has 3 aromatic carbocycles. The van der Waals surface area contributed by atoms with Gasteiger partial charge in [0.2, 0.25) is 5.91 Å². The molecular formula is C30H25F3N2O8S. The van der Waals surface area contributed by atoms with Gasteiger partial charge in [0.25, 0.3) is 15.7 Å². The highest BCUT2D eigenvalue weighted by Crippen LogP contribution is 2.44. The van der Waals surface area contributed by atoms with Crippen molar-refractivity contribution in [3.05, 3.63) is 90.0 Å². The molecular weight excluding hydrogens is 605 g/mol. The first kappa shape index (κ1) is 30.6. The number of hydrogen-bond donors (Lipinski definition) is 3. The lowest BCUT2D eigenvalue weighted by Crippen LogP contribution is -2.47. The minimum atomic E-state index is -5.62. The van der Waals surface area contributed by atoms with E-state index in [0.717, 1.165) is 18.2 Å². The normalized spacial score (nSPS) is 20.6. The molecule has 2 bridgehead atoms. The van der Waals surface area contributed by atoms with Gasteiger partial charge in [-0.05, 0) is 78.9 Å². The highest BCUT2D eigenvalue weighted by atomic mass is 32.2. The number of benzene rings is 3. The number of ether oxygens (including phenoxy) is 2. The lowest BCUT2D eigenvalue weighted by molar-refractivity contribution is -0.121. The van der Waals surface area contributed by atoms with Crippen LogP contribution >= 0.6 is 0 Å². The van der Waals surface area contributed by atoms with Gasteiger partial charge in [-0.25, -0.2) is 13.2 Å². The first-order chi connectivity index (χ1) is 20.8. The summed E-state index contributed by atoms with van der Waals surface area (Å²) in [5.74, 6) is -2.71. The quantitative estimate of drug-likeness (QED) is 0.279. The second-order valence-corrected chi connectivity index (χ2v) is 12.2. The standard InChI is InChI=1S/C30H25F3N2O8S/c1-42-24-12-11-21(43-20-9-7-16(8-10-20)29(38)39)15-23(24)27(36)35-26-18-6-5-17(13-18)25(26)28(37)34-19-3-2-4-22(14-19)44(40,41)30(31,32)33/h2-12,14-15,17-18,25-26H,13H2,1H3,(H,34,37)(H,35,36)(H,38,39)/t17-,18+,25+,26-/m1/s1. The summed E-state index contributed by atoms with van der Waals surface area (Å²) < 4.78 is 74.0. The summed E-state index contributed by atoms with van der Waals surface area (Å²) >= 11 is 0. The molecule has 3 aromatic rings. The Hall–Kier alpha value is -4.85. The van der Waals surface area contributed by atoms with E-state index in [2.05, 4.69) is 10.6 Å². The molecule has 2 aliphatic carbocycles. The first-order valence-corrected chi connectivity index (χ1v) is 14.7. The molecule has 14 heteroatoms. The number of nitrogens with one attached hydrogen (secondary N) is 2. The number of carboxylic acids is 1. The number of rotatable bonds is 9. The van der Waals surface area contributed by atoms with Crippen molar-refractivity contribution in [3.8, 4) is 17.2 Å². The van der Waals surface area contributed by atoms with Crippen molar-refractivity contribution >= 4 is 33.3 Å². The van der Waals surface area contributed by atoms with Gasteiger partial charge in [-0.1, -0.05) is 18.2 Å². The number of aromatic carboxylic acids is 1. The number of halogens is 3. The maximum atomic E-state index is 13.5. The lowest BCUT2D eigenvalue weighted by Gasteiger charge is -2.28. The number of carbonyl (C=O) groups excluding carboxylic acids is 2. The predicted molar refractivity (Wildman–Crippen MR) is 150 cm³/mol. The molecule has 0 aliphatic heterocycles. The van der Waals surface area contributed by atoms with Crippen LogP contribution in [0.5, 0.6) is 17.2 Å². The van der Waals surface area contributed by atoms with E-state index in [4.69, 9.17) is 14.6 Å². The summed E-state index contributed by atoms with van der Waals surface area (Å²) in [5, 5.41) is 14.5. The average molecular weight is 631 g/mol. The van der Waals surface area contributed by atoms with Crippen LogP contribution in [-0.4, -0.2) is 50.0 Å². The summed E-state index contributed by atoms with van der Waals surface area (Å²) in [6.45, 7) is 0. The van der Waals surface area contributed by atoms with E-state index in [1.807, 2.05) is 12.2 Å². The predicted octanol–water partition coefficient (Wildman–Crippen LogP) is 5.04. The van der Waals surface area contributed by atoms with Crippen LogP contribution in [0, 0.1) is 17.8 Å². The summed E-state index contributed by atoms with van der Waals surface area (Å²) in [6.07, 6.45) is 4.28. The van der Waals surface area contributed by atoms with Crippen molar-refractivity contribution in [2.45, 2.75) is 22.9 Å². The van der Waals surface area contributed by atoms with E-state index >= 15 is 0 Å². The zero-order valence-electron chi connectivity index (χ0n) is 22.9. The maximum Gasteiger partial charge on any atom is 0.501 e. The van der Waals surface area contributed by atoms with Crippen LogP contribution in [-0.2, 0) is 14.6 Å². The molecule has 10 nitrogen and oxygen atoms in total. The number of alkyl halides is 3. The van der Waals surface area contributed by atoms with Crippen LogP contribution < -0.4 is 20.1 Å². The molecule has 0 saturated heterocycles. The minimum Gasteiger partial charge on any atom is -0.496 e. The smallest absolute Gasteiger partial charge is 0.496 e. The lowest BCUT2D eigenvalue weighted by atomic mass is 9.87. The third-order valence-corrected chi connectivity index (χ3v) is 9.01. The Morgan fingerprint density at radius 2 is 1.61 bits per heavy atom. The Kier molecular flexibility index (Phi) is 8.12. The van der Waals surface area contributed by atoms with E-state index < -0.39 is 50.0 Å². The number of hydrogen-bond acceptors (Lipinski definition) is 7. The number of carbonyl (C=O) groups is 3. The molecule has 1 fully saturated rings. The van der Waals surface area contributed by atoms with Gasteiger partial charge in [0, 0.05) is 11.7 Å². The van der Waals surface area contributed by atoms with Crippen LogP contribution in [0.1, 0.15) is 27.1 Å². The van der Waals surface area contributed by atoms with Gasteiger partial charge in [-0.15, -0.1) is 0 Å². The van der Waals surface area contributed by atoms with Gasteiger partial charge in [0.15, 0.2) is 0 Å². The molecule has 4 atom stereocenters. The Bertz CT molecular complexity index is 1760. The Morgan fingerprint density at radius 1 is 0.932 bits per heavy atom. The summed E-state index contributed by atoms with van der Waals surface area (Å²) in [6, 6.07) is 13.4. The molecule has 0 heterocycles. The fraction of sp³-hybridized carbons (Fsp3) is 0.233. The highest BCUT2D eigenvalue weighted by molar-refractivity contribution is 7.92. The van der Waals surface area contributed by atoms with Gasteiger partial charge in [0.05, 0.1) is 29.1 Å². The number of amides is 2. The number of carboxylic acid groups (broad SMARTS) is 1. The molecule has 44 heavy (non-hydrogen) atoms. The minimum absolute atomic E-state index is 0.0738. The van der Waals surface area contributed by atoms with Gasteiger partial charge >= 0.3 is 11.5 Å². The summed E-state index contributed by atoms with van der Waals surface area (Å²) in [5.41, 5.74) is -5.47. The summed E-state index contributed by atoms with van der Waals surface area (Å²) in [4.78, 5) is 37.0. The molecule has 0 aromatic heterocycles. The van der Waals surface area contributed by atoms with Gasteiger partial charge in [0.1, 0.15) is 17.2 Å². The van der Waals surface area contributed by atoms with E-state index in [0.29, 0.717) is 12.2 Å². The maximum absolute atomic E-state index is 13.5. The molecule has 0 unspecified atom stereocenters. The number of methoxy groups -OCH3 is 1. The van der Waals surface area contributed by atoms with Crippen molar-refractivity contribution in [3.63, 3.8) is 0 Å². The fourth-order valence-electron chi connectivity index (χ4n) is 5.44. The second kappa shape index (κ2) is 11.7. The molecule has 230 valence electrons. The third-order valence-electron chi connectivity index (χ3n) is 7.53. The van der Waals surface area contributed by atoms with E-state index in [-0.39, 0.29) is 40.1 Å². The van der Waals surface area contributed by atoms with Gasteiger partial charge in [-0.2, -0.15) is 13.2 Å². The second-order valence-electron chi connectivity index (χ2n) is 10.2. The largest absolute Gasteiger partial charge is 0.501 e. The van der Waals surface area contributed by atoms with Crippen molar-refractivity contribution in [1.82, 2.24) is 5.32 Å². The van der Waals surface area contributed by atoms with Gasteiger partial charge < -0.3 is 25.2 Å². The monoisotopic (exact) mass is 630 g/mol. The van der Waals surface area contributed by atoms with Crippen molar-refractivity contribution in [1.29, 1.82) is 0 Å². The van der Waals surface area contributed by atoms with Crippen LogP contribution in [0.25, 0.3) is 0 Å². The van der Waals surface area contributed by atoms with Gasteiger partial charge in [-0.3, -0.25) is 9.59 Å². The Labute approximate surface area is 249 Å². The number of allylic oxidation sites excluding steroid dienone is 1. The van der Waals surface area contributed by atoms with Crippen LogP contribution in [0.15, 0.2) is 83.8 Å². The fourth-order valence-corrected chi connectivity index (χ4v) is 6.24. The van der Waals surface area contributed by atoms with E-state index in [1.165, 1.54) is 49.6 Å². The molecule has 2 amide bonds. The number of fused-ring (bicyclic) bond motifs is 2. The molecule has 2 aliphatic rings. The molecule has 0 radical (unpaired) electrons. The zero-order chi connectivity index (χ0) is 31.8. The zero-order valence-corrected chi connectivity index (χ0v) is 23.7. The van der Waals surface area contributed by atoms with Crippen molar-refractivity contribution in [2.24, 2.45) is 17.8 Å². The topological polar surface area (TPSA) is 148 Å². The van der Waals surface area contributed by atoms with E-state index in [9.17, 15) is 36.0 Å². The van der Waals surface area contributed by atoms with E-state index in [1.54, 1.807) is 6.07 Å². The van der Waals surface area contributed by atoms with Crippen LogP contribution in [0.2, 0.25) is 0 Å². The SMILES string of the molecule is COc1ccc(Oc2ccc(C(=O)O)cc2)cc1C(=O)N[C@H]1[C@@H](C(=O)Nc2cccc(S(=O)(=O)C(F)(F)F)c2)[C@@H]2C=C[C@H]1C2. The average Bonchev–Trinajstić information content (AvgIpc) is 3.59. The first-order valence-electron chi connectivity index (χ1n) is 13.2.